The average molecular weight is 310 g/mol. The fourth-order valence-electron chi connectivity index (χ4n) is 2.94. The molecule has 116 valence electrons. The molecule has 2 saturated heterocycles. The Morgan fingerprint density at radius 1 is 1.43 bits per heavy atom. The van der Waals surface area contributed by atoms with Gasteiger partial charge in [-0.1, -0.05) is 6.07 Å². The van der Waals surface area contributed by atoms with Crippen LogP contribution < -0.4 is 5.32 Å². The van der Waals surface area contributed by atoms with Gasteiger partial charge in [0, 0.05) is 30.8 Å². The van der Waals surface area contributed by atoms with Crippen molar-refractivity contribution in [2.45, 2.75) is 31.6 Å². The first kappa shape index (κ1) is 15.0. The molecule has 0 aliphatic carbocycles. The molecule has 6 heteroatoms. The summed E-state index contributed by atoms with van der Waals surface area (Å²) in [5.41, 5.74) is 0. The summed E-state index contributed by atoms with van der Waals surface area (Å²) < 4.78 is 11.4. The predicted octanol–water partition coefficient (Wildman–Crippen LogP) is 1.76. The molecule has 0 aromatic carbocycles. The lowest BCUT2D eigenvalue weighted by atomic mass is 10.0. The third-order valence-electron chi connectivity index (χ3n) is 4.15. The van der Waals surface area contributed by atoms with Gasteiger partial charge in [-0.2, -0.15) is 0 Å². The highest BCUT2D eigenvalue weighted by atomic mass is 32.1. The lowest BCUT2D eigenvalue weighted by Crippen LogP contribution is -2.48. The van der Waals surface area contributed by atoms with Crippen LogP contribution in [0.3, 0.4) is 0 Å². The highest BCUT2D eigenvalue weighted by Crippen LogP contribution is 2.31. The number of hydrogen-bond donors (Lipinski definition) is 1. The topological polar surface area (TPSA) is 50.8 Å². The SMILES string of the molecule is CC(NC(=O)CN1CCC2(CC1)OCCO2)c1cccs1. The molecule has 1 unspecified atom stereocenters. The van der Waals surface area contributed by atoms with Gasteiger partial charge >= 0.3 is 0 Å². The number of likely N-dealkylation sites (tertiary alicyclic amines) is 1. The molecule has 0 bridgehead atoms. The Balaban J connectivity index is 1.43. The van der Waals surface area contributed by atoms with E-state index in [0.717, 1.165) is 25.9 Å². The number of thiophene rings is 1. The maximum absolute atomic E-state index is 12.1. The number of ether oxygens (including phenoxy) is 2. The van der Waals surface area contributed by atoms with E-state index in [0.29, 0.717) is 19.8 Å². The van der Waals surface area contributed by atoms with Gasteiger partial charge in [-0.25, -0.2) is 0 Å². The summed E-state index contributed by atoms with van der Waals surface area (Å²) in [4.78, 5) is 15.5. The molecule has 1 aromatic rings. The number of nitrogens with zero attached hydrogens (tertiary/aromatic N) is 1. The summed E-state index contributed by atoms with van der Waals surface area (Å²) in [6, 6.07) is 4.14. The average Bonchev–Trinajstić information content (AvgIpc) is 3.14. The van der Waals surface area contributed by atoms with E-state index in [4.69, 9.17) is 9.47 Å². The van der Waals surface area contributed by atoms with E-state index in [1.807, 2.05) is 18.4 Å². The summed E-state index contributed by atoms with van der Waals surface area (Å²) in [5, 5.41) is 5.09. The van der Waals surface area contributed by atoms with E-state index in [1.54, 1.807) is 11.3 Å². The first-order valence-electron chi connectivity index (χ1n) is 7.50. The van der Waals surface area contributed by atoms with Crippen LogP contribution >= 0.6 is 11.3 Å². The first-order chi connectivity index (χ1) is 10.2. The molecular weight excluding hydrogens is 288 g/mol. The second-order valence-corrected chi connectivity index (χ2v) is 6.67. The first-order valence-corrected chi connectivity index (χ1v) is 8.38. The lowest BCUT2D eigenvalue weighted by Gasteiger charge is -2.37. The van der Waals surface area contributed by atoms with Crippen LogP contribution in [0.2, 0.25) is 0 Å². The monoisotopic (exact) mass is 310 g/mol. The van der Waals surface area contributed by atoms with E-state index in [-0.39, 0.29) is 17.7 Å². The van der Waals surface area contributed by atoms with Crippen LogP contribution in [0.5, 0.6) is 0 Å². The van der Waals surface area contributed by atoms with Crippen molar-refractivity contribution in [3.05, 3.63) is 22.4 Å². The molecule has 2 fully saturated rings. The number of carbonyl (C=O) groups is 1. The summed E-state index contributed by atoms with van der Waals surface area (Å²) in [7, 11) is 0. The van der Waals surface area contributed by atoms with Gasteiger partial charge in [-0.3, -0.25) is 9.69 Å². The molecular formula is C15H22N2O3S. The molecule has 21 heavy (non-hydrogen) atoms. The van der Waals surface area contributed by atoms with Crippen molar-refractivity contribution in [1.29, 1.82) is 0 Å². The van der Waals surface area contributed by atoms with Gasteiger partial charge in [0.25, 0.3) is 0 Å². The molecule has 1 aromatic heterocycles. The number of piperidine rings is 1. The highest BCUT2D eigenvalue weighted by Gasteiger charge is 2.39. The Hall–Kier alpha value is -0.950. The van der Waals surface area contributed by atoms with Gasteiger partial charge < -0.3 is 14.8 Å². The molecule has 1 N–H and O–H groups in total. The summed E-state index contributed by atoms with van der Waals surface area (Å²) in [6.07, 6.45) is 1.70. The number of amides is 1. The minimum absolute atomic E-state index is 0.0788. The van der Waals surface area contributed by atoms with Crippen molar-refractivity contribution in [3.8, 4) is 0 Å². The van der Waals surface area contributed by atoms with E-state index >= 15 is 0 Å². The smallest absolute Gasteiger partial charge is 0.234 e. The van der Waals surface area contributed by atoms with Crippen molar-refractivity contribution in [2.24, 2.45) is 0 Å². The molecule has 2 aliphatic rings. The van der Waals surface area contributed by atoms with Crippen LogP contribution in [0.25, 0.3) is 0 Å². The number of nitrogens with one attached hydrogen (secondary N) is 1. The van der Waals surface area contributed by atoms with Crippen molar-refractivity contribution >= 4 is 17.2 Å². The standard InChI is InChI=1S/C15H22N2O3S/c1-12(13-3-2-10-21-13)16-14(18)11-17-6-4-15(5-7-17)19-8-9-20-15/h2-3,10,12H,4-9,11H2,1H3,(H,16,18). The molecule has 1 atom stereocenters. The van der Waals surface area contributed by atoms with Crippen LogP contribution in [-0.2, 0) is 14.3 Å². The zero-order valence-electron chi connectivity index (χ0n) is 12.3. The van der Waals surface area contributed by atoms with Crippen LogP contribution in [0.4, 0.5) is 0 Å². The fourth-order valence-corrected chi connectivity index (χ4v) is 3.67. The molecule has 0 saturated carbocycles. The molecule has 3 rings (SSSR count). The van der Waals surface area contributed by atoms with Crippen LogP contribution in [0, 0.1) is 0 Å². The molecule has 5 nitrogen and oxygen atoms in total. The minimum Gasteiger partial charge on any atom is -0.348 e. The van der Waals surface area contributed by atoms with Crippen molar-refractivity contribution < 1.29 is 14.3 Å². The third-order valence-corrected chi connectivity index (χ3v) is 5.20. The Morgan fingerprint density at radius 2 is 2.14 bits per heavy atom. The van der Waals surface area contributed by atoms with Gasteiger partial charge in [-0.05, 0) is 18.4 Å². The maximum Gasteiger partial charge on any atom is 0.234 e. The highest BCUT2D eigenvalue weighted by molar-refractivity contribution is 7.10. The second kappa shape index (κ2) is 6.44. The Bertz CT molecular complexity index is 461. The van der Waals surface area contributed by atoms with Crippen LogP contribution in [-0.4, -0.2) is 49.4 Å². The van der Waals surface area contributed by atoms with Gasteiger partial charge in [0.05, 0.1) is 25.8 Å². The van der Waals surface area contributed by atoms with Crippen molar-refractivity contribution in [1.82, 2.24) is 10.2 Å². The quantitative estimate of drug-likeness (QED) is 0.921. The number of rotatable bonds is 4. The van der Waals surface area contributed by atoms with Crippen molar-refractivity contribution in [2.75, 3.05) is 32.8 Å². The summed E-state index contributed by atoms with van der Waals surface area (Å²) in [5.74, 6) is -0.280. The van der Waals surface area contributed by atoms with Gasteiger partial charge in [0.15, 0.2) is 5.79 Å². The summed E-state index contributed by atoms with van der Waals surface area (Å²) in [6.45, 7) is 5.56. The Kier molecular flexibility index (Phi) is 4.59. The maximum atomic E-state index is 12.1. The van der Waals surface area contributed by atoms with Crippen molar-refractivity contribution in [3.63, 3.8) is 0 Å². The second-order valence-electron chi connectivity index (χ2n) is 5.69. The Labute approximate surface area is 129 Å². The molecule has 2 aliphatic heterocycles. The fraction of sp³-hybridized carbons (Fsp3) is 0.667. The van der Waals surface area contributed by atoms with E-state index in [1.165, 1.54) is 4.88 Å². The van der Waals surface area contributed by atoms with Gasteiger partial charge in [0.1, 0.15) is 0 Å². The van der Waals surface area contributed by atoms with E-state index in [2.05, 4.69) is 16.3 Å². The Morgan fingerprint density at radius 3 is 2.76 bits per heavy atom. The zero-order chi connectivity index (χ0) is 14.7. The normalized spacial score (nSPS) is 23.3. The largest absolute Gasteiger partial charge is 0.348 e. The third kappa shape index (κ3) is 3.63. The molecule has 0 radical (unpaired) electrons. The zero-order valence-corrected chi connectivity index (χ0v) is 13.2. The number of carbonyl (C=O) groups excluding carboxylic acids is 1. The number of hydrogen-bond acceptors (Lipinski definition) is 5. The lowest BCUT2D eigenvalue weighted by molar-refractivity contribution is -0.185. The van der Waals surface area contributed by atoms with Gasteiger partial charge in [0.2, 0.25) is 5.91 Å². The molecule has 1 amide bonds. The molecule has 3 heterocycles. The van der Waals surface area contributed by atoms with E-state index in [9.17, 15) is 4.79 Å². The summed E-state index contributed by atoms with van der Waals surface area (Å²) >= 11 is 1.67. The van der Waals surface area contributed by atoms with Gasteiger partial charge in [-0.15, -0.1) is 11.3 Å². The van der Waals surface area contributed by atoms with Crippen LogP contribution in [0.15, 0.2) is 17.5 Å². The minimum atomic E-state index is -0.364. The molecule has 1 spiro atoms. The van der Waals surface area contributed by atoms with Crippen LogP contribution in [0.1, 0.15) is 30.7 Å². The predicted molar refractivity (Wildman–Crippen MR) is 81.2 cm³/mol. The van der Waals surface area contributed by atoms with E-state index < -0.39 is 0 Å².